The fourth-order valence-corrected chi connectivity index (χ4v) is 6.65. The number of hydrogen-bond acceptors (Lipinski definition) is 12. The van der Waals surface area contributed by atoms with Gasteiger partial charge in [-0.25, -0.2) is 0 Å². The van der Waals surface area contributed by atoms with Crippen LogP contribution >= 0.6 is 0 Å². The molecule has 222 valence electrons. The van der Waals surface area contributed by atoms with Gasteiger partial charge in [0.25, 0.3) is 5.91 Å². The predicted octanol–water partition coefficient (Wildman–Crippen LogP) is 1.27. The van der Waals surface area contributed by atoms with Crippen molar-refractivity contribution in [3.05, 3.63) is 43.8 Å². The number of ketones is 1. The molecule has 0 bridgehead atoms. The van der Waals surface area contributed by atoms with Crippen molar-refractivity contribution < 1.29 is 54.5 Å². The second-order valence-electron chi connectivity index (χ2n) is 11.0. The molecule has 1 unspecified atom stereocenters. The van der Waals surface area contributed by atoms with Gasteiger partial charge in [-0.1, -0.05) is 13.3 Å². The van der Waals surface area contributed by atoms with Crippen molar-refractivity contribution in [3.63, 3.8) is 0 Å². The van der Waals surface area contributed by atoms with Crippen LogP contribution in [-0.2, 0) is 12.8 Å². The van der Waals surface area contributed by atoms with Crippen LogP contribution in [-0.4, -0.2) is 78.3 Å². The Morgan fingerprint density at radius 1 is 0.952 bits per heavy atom. The van der Waals surface area contributed by atoms with Gasteiger partial charge in [0.2, 0.25) is 16.9 Å². The number of aliphatic hydroxyl groups excluding tert-OH is 3. The van der Waals surface area contributed by atoms with E-state index in [1.54, 1.807) is 6.92 Å². The van der Waals surface area contributed by atoms with Crippen molar-refractivity contribution in [3.8, 4) is 34.1 Å². The number of methoxy groups -OCH3 is 1. The molecule has 13 heteroatoms. The molecule has 3 aromatic rings. The van der Waals surface area contributed by atoms with Crippen LogP contribution in [0.5, 0.6) is 23.0 Å². The van der Waals surface area contributed by atoms with Gasteiger partial charge >= 0.3 is 0 Å². The van der Waals surface area contributed by atoms with E-state index in [-0.39, 0.29) is 65.0 Å². The third-order valence-corrected chi connectivity index (χ3v) is 8.75. The molecule has 0 saturated heterocycles. The Labute approximate surface area is 237 Å². The lowest BCUT2D eigenvalue weighted by Crippen LogP contribution is -2.58. The number of likely N-dealkylation sites (N-methyl/N-ethyl adjacent to an activating group) is 1. The predicted molar refractivity (Wildman–Crippen MR) is 144 cm³/mol. The Morgan fingerprint density at radius 2 is 1.60 bits per heavy atom. The number of aromatic hydroxyl groups is 3. The first-order chi connectivity index (χ1) is 19.8. The van der Waals surface area contributed by atoms with Gasteiger partial charge in [-0.05, 0) is 12.8 Å². The summed E-state index contributed by atoms with van der Waals surface area (Å²) >= 11 is 0. The van der Waals surface area contributed by atoms with Crippen LogP contribution in [0.3, 0.4) is 0 Å². The van der Waals surface area contributed by atoms with E-state index in [2.05, 4.69) is 0 Å². The molecule has 2 aromatic carbocycles. The molecule has 4 atom stereocenters. The number of Topliss-reactive ketones (excluding diaryl/α,β-unsaturated/α-hetero) is 1. The first-order valence-corrected chi connectivity index (χ1v) is 13.4. The minimum atomic E-state index is -2.25. The molecule has 1 amide bonds. The molecule has 1 aromatic heterocycles. The normalized spacial score (nSPS) is 24.7. The molecule has 0 spiro atoms. The monoisotopic (exact) mass is 583 g/mol. The number of hydrogen-bond donors (Lipinski definition) is 7. The highest BCUT2D eigenvalue weighted by atomic mass is 16.5. The van der Waals surface area contributed by atoms with Gasteiger partial charge in [-0.2, -0.15) is 0 Å². The third-order valence-electron chi connectivity index (χ3n) is 8.75. The lowest BCUT2D eigenvalue weighted by atomic mass is 9.76. The van der Waals surface area contributed by atoms with Crippen LogP contribution in [0, 0.1) is 0 Å². The highest BCUT2D eigenvalue weighted by molar-refractivity contribution is 6.21. The van der Waals surface area contributed by atoms with E-state index >= 15 is 0 Å². The number of phenolic OH excluding ortho intramolecular Hbond substituents is 3. The fourth-order valence-electron chi connectivity index (χ4n) is 6.65. The van der Waals surface area contributed by atoms with Crippen molar-refractivity contribution in [1.82, 2.24) is 4.90 Å². The van der Waals surface area contributed by atoms with Crippen molar-refractivity contribution in [1.29, 1.82) is 0 Å². The van der Waals surface area contributed by atoms with E-state index in [0.29, 0.717) is 6.42 Å². The van der Waals surface area contributed by atoms with Crippen LogP contribution in [0.4, 0.5) is 0 Å². The summed E-state index contributed by atoms with van der Waals surface area (Å²) in [5, 5.41) is 76.4. The highest BCUT2D eigenvalue weighted by Crippen LogP contribution is 2.56. The Bertz CT molecular complexity index is 1790. The third kappa shape index (κ3) is 3.30. The Kier molecular flexibility index (Phi) is 6.10. The van der Waals surface area contributed by atoms with Gasteiger partial charge in [0, 0.05) is 42.1 Å². The van der Waals surface area contributed by atoms with Gasteiger partial charge in [-0.15, -0.1) is 0 Å². The van der Waals surface area contributed by atoms with E-state index in [0.717, 1.165) is 4.90 Å². The maximum atomic E-state index is 13.7. The number of aliphatic hydroxyl groups is 4. The zero-order valence-corrected chi connectivity index (χ0v) is 22.9. The second kappa shape index (κ2) is 9.16. The number of nitrogens with zero attached hydrogens (tertiary/aromatic N) is 1. The SMILES string of the molecule is CCCC1(O)C(=O)c2c(O)c3c(c(O)c2C(=O)N1C)-c1c(c(OC)c2oc4c(c(=O)c2c1O)[C@@H](O)[C@@H](O)C[C@@H]4O)CC3. The number of carbonyl (C=O) groups excluding carboxylic acids is 2. The van der Waals surface area contributed by atoms with Crippen molar-refractivity contribution >= 4 is 22.7 Å². The number of amides is 1. The zero-order chi connectivity index (χ0) is 30.6. The molecular formula is C29H29NO12. The van der Waals surface area contributed by atoms with Gasteiger partial charge in [0.1, 0.15) is 40.6 Å². The van der Waals surface area contributed by atoms with Crippen LogP contribution in [0.1, 0.15) is 81.6 Å². The van der Waals surface area contributed by atoms with E-state index in [4.69, 9.17) is 9.15 Å². The van der Waals surface area contributed by atoms with Crippen molar-refractivity contribution in [2.24, 2.45) is 0 Å². The largest absolute Gasteiger partial charge is 0.507 e. The van der Waals surface area contributed by atoms with E-state index in [9.17, 15) is 50.1 Å². The molecule has 42 heavy (non-hydrogen) atoms. The molecule has 0 radical (unpaired) electrons. The summed E-state index contributed by atoms with van der Waals surface area (Å²) in [4.78, 5) is 41.5. The Morgan fingerprint density at radius 3 is 2.24 bits per heavy atom. The summed E-state index contributed by atoms with van der Waals surface area (Å²) in [7, 11) is 2.46. The Hall–Kier alpha value is -4.17. The molecule has 0 fully saturated rings. The molecule has 13 nitrogen and oxygen atoms in total. The number of fused-ring (bicyclic) bond motifs is 6. The lowest BCUT2D eigenvalue weighted by molar-refractivity contribution is -0.0586. The Balaban J connectivity index is 1.72. The van der Waals surface area contributed by atoms with E-state index < -0.39 is 80.5 Å². The van der Waals surface area contributed by atoms with E-state index in [1.165, 1.54) is 14.2 Å². The zero-order valence-electron chi connectivity index (χ0n) is 22.9. The maximum Gasteiger partial charge on any atom is 0.260 e. The summed E-state index contributed by atoms with van der Waals surface area (Å²) in [5.74, 6) is -4.39. The standard InChI is InChI=1S/C29H29NO12/c1-4-7-29(40)27(38)15-16(28(39)30(29)2)21(35)13-9(19(15)33)5-6-10-14(13)22(36)18-23(37)17-20(34)11(31)8-12(32)25(17)42-26(18)24(10)41-3/h11-12,20,31-36,40H,4-8H2,1-3H3/t11-,12-,20-,29?/m0/s1. The average molecular weight is 584 g/mol. The summed E-state index contributed by atoms with van der Waals surface area (Å²) in [6, 6.07) is 0. The molecule has 6 rings (SSSR count). The summed E-state index contributed by atoms with van der Waals surface area (Å²) < 4.78 is 11.4. The topological polar surface area (TPSA) is 218 Å². The van der Waals surface area contributed by atoms with Gasteiger partial charge in [0.15, 0.2) is 11.3 Å². The van der Waals surface area contributed by atoms with Crippen LogP contribution in [0.2, 0.25) is 0 Å². The van der Waals surface area contributed by atoms with Crippen LogP contribution in [0.25, 0.3) is 22.1 Å². The molecule has 7 N–H and O–H groups in total. The molecule has 2 aliphatic carbocycles. The van der Waals surface area contributed by atoms with E-state index in [1.807, 2.05) is 0 Å². The maximum absolute atomic E-state index is 13.7. The molecular weight excluding hydrogens is 554 g/mol. The van der Waals surface area contributed by atoms with Gasteiger partial charge in [-0.3, -0.25) is 14.4 Å². The summed E-state index contributed by atoms with van der Waals surface area (Å²) in [5.41, 5.74) is -5.22. The van der Waals surface area contributed by atoms with Gasteiger partial charge in [0.05, 0.1) is 29.9 Å². The number of carbonyl (C=O) groups is 2. The number of phenols is 3. The quantitative estimate of drug-likeness (QED) is 0.217. The number of rotatable bonds is 3. The minimum absolute atomic E-state index is 0.00627. The molecule has 0 saturated carbocycles. The van der Waals surface area contributed by atoms with Crippen molar-refractivity contribution in [2.45, 2.75) is 63.1 Å². The van der Waals surface area contributed by atoms with Crippen LogP contribution in [0.15, 0.2) is 9.21 Å². The van der Waals surface area contributed by atoms with Gasteiger partial charge < -0.3 is 49.8 Å². The number of ether oxygens (including phenoxy) is 1. The summed E-state index contributed by atoms with van der Waals surface area (Å²) in [6.07, 6.45) is -4.71. The first-order valence-electron chi connectivity index (χ1n) is 13.4. The smallest absolute Gasteiger partial charge is 0.260 e. The fraction of sp³-hybridized carbons (Fsp3) is 0.414. The first kappa shape index (κ1) is 28.0. The average Bonchev–Trinajstić information content (AvgIpc) is 2.95. The molecule has 3 aliphatic rings. The lowest BCUT2D eigenvalue weighted by Gasteiger charge is -2.41. The molecule has 2 heterocycles. The molecule has 1 aliphatic heterocycles. The number of benzene rings is 2. The van der Waals surface area contributed by atoms with Crippen molar-refractivity contribution in [2.75, 3.05) is 14.2 Å². The highest BCUT2D eigenvalue weighted by Gasteiger charge is 2.52. The van der Waals surface area contributed by atoms with Crippen LogP contribution < -0.4 is 10.2 Å². The second-order valence-corrected chi connectivity index (χ2v) is 11.0. The summed E-state index contributed by atoms with van der Waals surface area (Å²) in [6.45, 7) is 1.70. The minimum Gasteiger partial charge on any atom is -0.507 e.